The van der Waals surface area contributed by atoms with Gasteiger partial charge >= 0.3 is 12.0 Å². The molecule has 0 saturated heterocycles. The van der Waals surface area contributed by atoms with Crippen molar-refractivity contribution >= 4 is 34.9 Å². The number of methoxy groups -OCH3 is 1. The van der Waals surface area contributed by atoms with Crippen molar-refractivity contribution in [2.45, 2.75) is 32.7 Å². The highest BCUT2D eigenvalue weighted by Gasteiger charge is 2.35. The van der Waals surface area contributed by atoms with Gasteiger partial charge in [0, 0.05) is 17.9 Å². The summed E-state index contributed by atoms with van der Waals surface area (Å²) in [6.07, 6.45) is 1.77. The van der Waals surface area contributed by atoms with Crippen LogP contribution in [0.2, 0.25) is 0 Å². The molecule has 1 aromatic heterocycles. The molecule has 2 heterocycles. The molecule has 2 aromatic rings. The summed E-state index contributed by atoms with van der Waals surface area (Å²) in [6, 6.07) is 9.79. The average Bonchev–Trinajstić information content (AvgIpc) is 3.28. The topological polar surface area (TPSA) is 87.7 Å². The van der Waals surface area contributed by atoms with Gasteiger partial charge in [-0.05, 0) is 42.5 Å². The van der Waals surface area contributed by atoms with Gasteiger partial charge in [0.25, 0.3) is 5.91 Å². The quantitative estimate of drug-likeness (QED) is 0.645. The molecule has 3 rings (SSSR count). The smallest absolute Gasteiger partial charge is 0.337 e. The molecule has 1 aliphatic rings. The summed E-state index contributed by atoms with van der Waals surface area (Å²) in [5.41, 5.74) is 2.36. The molecular weight excluding hydrogens is 402 g/mol. The Bertz CT molecular complexity index is 951. The van der Waals surface area contributed by atoms with Crippen LogP contribution in [-0.2, 0) is 9.53 Å². The van der Waals surface area contributed by atoms with Crippen molar-refractivity contribution in [3.05, 3.63) is 63.5 Å². The first kappa shape index (κ1) is 21.6. The second kappa shape index (κ2) is 9.58. The second-order valence-corrected chi connectivity index (χ2v) is 7.88. The largest absolute Gasteiger partial charge is 0.466 e. The van der Waals surface area contributed by atoms with Crippen molar-refractivity contribution in [2.24, 2.45) is 0 Å². The third-order valence-corrected chi connectivity index (χ3v) is 5.85. The average molecular weight is 428 g/mol. The van der Waals surface area contributed by atoms with E-state index in [1.165, 1.54) is 18.4 Å². The van der Waals surface area contributed by atoms with Crippen LogP contribution in [-0.4, -0.2) is 36.5 Å². The van der Waals surface area contributed by atoms with Gasteiger partial charge in [0.05, 0.1) is 23.6 Å². The fourth-order valence-electron chi connectivity index (χ4n) is 3.35. The molecule has 1 aromatic carbocycles. The van der Waals surface area contributed by atoms with Gasteiger partial charge in [-0.3, -0.25) is 9.69 Å². The number of nitrogens with one attached hydrogen (secondary N) is 2. The molecule has 0 radical (unpaired) electrons. The zero-order valence-corrected chi connectivity index (χ0v) is 18.0. The Morgan fingerprint density at radius 1 is 1.23 bits per heavy atom. The summed E-state index contributed by atoms with van der Waals surface area (Å²) < 4.78 is 4.99. The molecule has 0 saturated carbocycles. The summed E-state index contributed by atoms with van der Waals surface area (Å²) in [4.78, 5) is 39.6. The summed E-state index contributed by atoms with van der Waals surface area (Å²) in [5.74, 6) is -0.657. The number of thiophene rings is 1. The van der Waals surface area contributed by atoms with E-state index in [9.17, 15) is 14.4 Å². The molecular formula is C22H25N3O4S. The predicted molar refractivity (Wildman–Crippen MR) is 116 cm³/mol. The standard InChI is InChI=1S/C22H25N3O4S/c1-4-5-12-25-14(2)18(21(27)29-3)19(24-22(25)28)15-8-10-16(11-9-15)23-20(26)17-7-6-13-30-17/h6-11,13,19H,4-5,12H2,1-3H3,(H,23,26)(H,24,28). The first-order valence-corrected chi connectivity index (χ1v) is 10.7. The van der Waals surface area contributed by atoms with Gasteiger partial charge in [-0.25, -0.2) is 9.59 Å². The van der Waals surface area contributed by atoms with E-state index in [0.29, 0.717) is 28.4 Å². The maximum Gasteiger partial charge on any atom is 0.337 e. The summed E-state index contributed by atoms with van der Waals surface area (Å²) in [7, 11) is 1.33. The van der Waals surface area contributed by atoms with E-state index < -0.39 is 12.0 Å². The third-order valence-electron chi connectivity index (χ3n) is 4.98. The van der Waals surface area contributed by atoms with E-state index in [2.05, 4.69) is 10.6 Å². The lowest BCUT2D eigenvalue weighted by atomic mass is 9.94. The van der Waals surface area contributed by atoms with E-state index >= 15 is 0 Å². The highest BCUT2D eigenvalue weighted by Crippen LogP contribution is 2.32. The number of rotatable bonds is 7. The minimum absolute atomic E-state index is 0.179. The van der Waals surface area contributed by atoms with Crippen LogP contribution in [0.3, 0.4) is 0 Å². The first-order chi connectivity index (χ1) is 14.5. The van der Waals surface area contributed by atoms with Gasteiger partial charge in [0.15, 0.2) is 0 Å². The predicted octanol–water partition coefficient (Wildman–Crippen LogP) is 4.31. The van der Waals surface area contributed by atoms with Gasteiger partial charge in [0.2, 0.25) is 0 Å². The number of unbranched alkanes of at least 4 members (excludes halogenated alkanes) is 1. The maximum atomic E-state index is 12.7. The Morgan fingerprint density at radius 2 is 1.97 bits per heavy atom. The number of carbonyl (C=O) groups is 3. The SMILES string of the molecule is CCCCN1C(=O)NC(c2ccc(NC(=O)c3cccs3)cc2)C(C(=O)OC)=C1C. The summed E-state index contributed by atoms with van der Waals surface area (Å²) >= 11 is 1.37. The highest BCUT2D eigenvalue weighted by atomic mass is 32.1. The van der Waals surface area contributed by atoms with Gasteiger partial charge in [0.1, 0.15) is 0 Å². The number of nitrogens with zero attached hydrogens (tertiary/aromatic N) is 1. The second-order valence-electron chi connectivity index (χ2n) is 6.93. The zero-order chi connectivity index (χ0) is 21.7. The minimum atomic E-state index is -0.620. The first-order valence-electron chi connectivity index (χ1n) is 9.78. The van der Waals surface area contributed by atoms with Crippen LogP contribution in [0.4, 0.5) is 10.5 Å². The maximum absolute atomic E-state index is 12.7. The number of benzene rings is 1. The lowest BCUT2D eigenvalue weighted by Crippen LogP contribution is -2.48. The monoisotopic (exact) mass is 427 g/mol. The normalized spacial score (nSPS) is 16.3. The molecule has 8 heteroatoms. The highest BCUT2D eigenvalue weighted by molar-refractivity contribution is 7.12. The zero-order valence-electron chi connectivity index (χ0n) is 17.2. The summed E-state index contributed by atoms with van der Waals surface area (Å²) in [5, 5.41) is 7.60. The molecule has 1 unspecified atom stereocenters. The van der Waals surface area contributed by atoms with Gasteiger partial charge in [-0.1, -0.05) is 31.5 Å². The van der Waals surface area contributed by atoms with E-state index in [4.69, 9.17) is 4.74 Å². The molecule has 0 fully saturated rings. The Kier molecular flexibility index (Phi) is 6.89. The molecule has 0 bridgehead atoms. The van der Waals surface area contributed by atoms with Crippen molar-refractivity contribution in [1.29, 1.82) is 0 Å². The van der Waals surface area contributed by atoms with E-state index in [-0.39, 0.29) is 11.9 Å². The van der Waals surface area contributed by atoms with Crippen molar-refractivity contribution in [3.8, 4) is 0 Å². The Labute approximate surface area is 179 Å². The van der Waals surface area contributed by atoms with Crippen LogP contribution in [0.1, 0.15) is 48.0 Å². The molecule has 30 heavy (non-hydrogen) atoms. The molecule has 1 atom stereocenters. The summed E-state index contributed by atoms with van der Waals surface area (Å²) in [6.45, 7) is 4.35. The Hall–Kier alpha value is -3.13. The van der Waals surface area contributed by atoms with E-state index in [1.807, 2.05) is 18.4 Å². The number of hydrogen-bond acceptors (Lipinski definition) is 5. The van der Waals surface area contributed by atoms with Crippen molar-refractivity contribution in [3.63, 3.8) is 0 Å². The van der Waals surface area contributed by atoms with Crippen LogP contribution in [0.25, 0.3) is 0 Å². The lowest BCUT2D eigenvalue weighted by Gasteiger charge is -2.35. The molecule has 0 aliphatic carbocycles. The van der Waals surface area contributed by atoms with Crippen LogP contribution >= 0.6 is 11.3 Å². The van der Waals surface area contributed by atoms with Crippen LogP contribution in [0.15, 0.2) is 53.0 Å². The number of esters is 1. The van der Waals surface area contributed by atoms with Crippen molar-refractivity contribution in [1.82, 2.24) is 10.2 Å². The number of allylic oxidation sites excluding steroid dienone is 1. The van der Waals surface area contributed by atoms with E-state index in [1.54, 1.807) is 42.2 Å². The van der Waals surface area contributed by atoms with Crippen LogP contribution in [0, 0.1) is 0 Å². The molecule has 158 valence electrons. The number of urea groups is 1. The van der Waals surface area contributed by atoms with Gasteiger partial charge in [-0.2, -0.15) is 0 Å². The Balaban J connectivity index is 1.85. The lowest BCUT2D eigenvalue weighted by molar-refractivity contribution is -0.136. The van der Waals surface area contributed by atoms with Crippen LogP contribution in [0.5, 0.6) is 0 Å². The third kappa shape index (κ3) is 4.54. The molecule has 7 nitrogen and oxygen atoms in total. The van der Waals surface area contributed by atoms with Gasteiger partial charge < -0.3 is 15.4 Å². The van der Waals surface area contributed by atoms with Crippen LogP contribution < -0.4 is 10.6 Å². The van der Waals surface area contributed by atoms with Gasteiger partial charge in [-0.15, -0.1) is 11.3 Å². The number of hydrogen-bond donors (Lipinski definition) is 2. The number of ether oxygens (including phenoxy) is 1. The number of amides is 3. The molecule has 2 N–H and O–H groups in total. The minimum Gasteiger partial charge on any atom is -0.466 e. The fraction of sp³-hybridized carbons (Fsp3) is 0.318. The molecule has 1 aliphatic heterocycles. The molecule has 3 amide bonds. The van der Waals surface area contributed by atoms with E-state index in [0.717, 1.165) is 18.4 Å². The fourth-order valence-corrected chi connectivity index (χ4v) is 3.97. The Morgan fingerprint density at radius 3 is 2.57 bits per heavy atom. The number of anilines is 1. The van der Waals surface area contributed by atoms with Crippen molar-refractivity contribution < 1.29 is 19.1 Å². The number of carbonyl (C=O) groups excluding carboxylic acids is 3. The van der Waals surface area contributed by atoms with Crippen molar-refractivity contribution in [2.75, 3.05) is 19.0 Å². The molecule has 0 spiro atoms.